The fraction of sp³-hybridized carbons (Fsp3) is 0.308. The van der Waals surface area contributed by atoms with Crippen molar-refractivity contribution >= 4 is 21.8 Å². The largest absolute Gasteiger partial charge is 0.335 e. The first-order valence-electron chi connectivity index (χ1n) is 5.28. The SMILES string of the molecule is C=CCN(CC)C(=O)c1ccc(CBr)cc1. The van der Waals surface area contributed by atoms with Crippen molar-refractivity contribution in [3.05, 3.63) is 48.0 Å². The summed E-state index contributed by atoms with van der Waals surface area (Å²) in [5.41, 5.74) is 1.90. The average Bonchev–Trinajstić information content (AvgIpc) is 2.35. The summed E-state index contributed by atoms with van der Waals surface area (Å²) in [6, 6.07) is 7.66. The number of hydrogen-bond donors (Lipinski definition) is 0. The van der Waals surface area contributed by atoms with Gasteiger partial charge < -0.3 is 4.90 Å². The quantitative estimate of drug-likeness (QED) is 0.599. The first-order valence-corrected chi connectivity index (χ1v) is 6.40. The minimum absolute atomic E-state index is 0.0588. The first kappa shape index (κ1) is 13.0. The van der Waals surface area contributed by atoms with Crippen LogP contribution in [0.4, 0.5) is 0 Å². The predicted octanol–water partition coefficient (Wildman–Crippen LogP) is 3.23. The van der Waals surface area contributed by atoms with Crippen molar-refractivity contribution in [2.24, 2.45) is 0 Å². The zero-order valence-electron chi connectivity index (χ0n) is 9.45. The Morgan fingerprint density at radius 2 is 2.06 bits per heavy atom. The van der Waals surface area contributed by atoms with Gasteiger partial charge in [0, 0.05) is 24.0 Å². The Bertz CT molecular complexity index is 359. The van der Waals surface area contributed by atoms with E-state index in [9.17, 15) is 4.79 Å². The maximum absolute atomic E-state index is 12.0. The molecule has 1 amide bonds. The highest BCUT2D eigenvalue weighted by Crippen LogP contribution is 2.10. The number of likely N-dealkylation sites (N-methyl/N-ethyl adjacent to an activating group) is 1. The first-order chi connectivity index (χ1) is 7.72. The van der Waals surface area contributed by atoms with E-state index >= 15 is 0 Å². The van der Waals surface area contributed by atoms with Gasteiger partial charge in [0.15, 0.2) is 0 Å². The van der Waals surface area contributed by atoms with E-state index in [0.29, 0.717) is 13.1 Å². The predicted molar refractivity (Wildman–Crippen MR) is 70.8 cm³/mol. The van der Waals surface area contributed by atoms with E-state index in [4.69, 9.17) is 0 Å². The second kappa shape index (κ2) is 6.48. The average molecular weight is 282 g/mol. The van der Waals surface area contributed by atoms with Crippen molar-refractivity contribution in [3.8, 4) is 0 Å². The minimum atomic E-state index is 0.0588. The van der Waals surface area contributed by atoms with Crippen LogP contribution in [0.25, 0.3) is 0 Å². The second-order valence-electron chi connectivity index (χ2n) is 3.46. The Balaban J connectivity index is 2.81. The number of rotatable bonds is 5. The van der Waals surface area contributed by atoms with Crippen LogP contribution >= 0.6 is 15.9 Å². The molecular weight excluding hydrogens is 266 g/mol. The van der Waals surface area contributed by atoms with Crippen molar-refractivity contribution in [1.29, 1.82) is 0 Å². The maximum Gasteiger partial charge on any atom is 0.254 e. The Morgan fingerprint density at radius 3 is 2.50 bits per heavy atom. The lowest BCUT2D eigenvalue weighted by molar-refractivity contribution is 0.0782. The van der Waals surface area contributed by atoms with E-state index < -0.39 is 0 Å². The summed E-state index contributed by atoms with van der Waals surface area (Å²) in [5.74, 6) is 0.0588. The molecule has 1 aromatic carbocycles. The van der Waals surface area contributed by atoms with Gasteiger partial charge in [-0.05, 0) is 24.6 Å². The highest BCUT2D eigenvalue weighted by Gasteiger charge is 2.11. The van der Waals surface area contributed by atoms with E-state index in [-0.39, 0.29) is 5.91 Å². The molecule has 0 aliphatic rings. The lowest BCUT2D eigenvalue weighted by Crippen LogP contribution is -2.30. The number of carbonyl (C=O) groups excluding carboxylic acids is 1. The molecule has 16 heavy (non-hydrogen) atoms. The van der Waals surface area contributed by atoms with Crippen LogP contribution in [0, 0.1) is 0 Å². The summed E-state index contributed by atoms with van der Waals surface area (Å²) >= 11 is 3.38. The van der Waals surface area contributed by atoms with E-state index in [1.165, 1.54) is 5.56 Å². The van der Waals surface area contributed by atoms with Gasteiger partial charge in [-0.3, -0.25) is 4.79 Å². The van der Waals surface area contributed by atoms with Crippen LogP contribution in [-0.4, -0.2) is 23.9 Å². The van der Waals surface area contributed by atoms with Crippen molar-refractivity contribution in [2.45, 2.75) is 12.3 Å². The normalized spacial score (nSPS) is 9.88. The molecule has 0 spiro atoms. The molecule has 86 valence electrons. The third-order valence-electron chi connectivity index (χ3n) is 2.37. The number of benzene rings is 1. The van der Waals surface area contributed by atoms with Gasteiger partial charge in [-0.25, -0.2) is 0 Å². The van der Waals surface area contributed by atoms with Gasteiger partial charge in [-0.2, -0.15) is 0 Å². The molecule has 3 heteroatoms. The molecule has 1 rings (SSSR count). The number of amides is 1. The summed E-state index contributed by atoms with van der Waals surface area (Å²) in [4.78, 5) is 13.8. The van der Waals surface area contributed by atoms with Gasteiger partial charge in [0.2, 0.25) is 0 Å². The lowest BCUT2D eigenvalue weighted by atomic mass is 10.1. The van der Waals surface area contributed by atoms with Gasteiger partial charge in [0.25, 0.3) is 5.91 Å². The highest BCUT2D eigenvalue weighted by molar-refractivity contribution is 9.08. The van der Waals surface area contributed by atoms with Crippen LogP contribution in [-0.2, 0) is 5.33 Å². The van der Waals surface area contributed by atoms with Crippen molar-refractivity contribution < 1.29 is 4.79 Å². The Morgan fingerprint density at radius 1 is 1.44 bits per heavy atom. The van der Waals surface area contributed by atoms with Gasteiger partial charge in [-0.15, -0.1) is 6.58 Å². The van der Waals surface area contributed by atoms with Crippen LogP contribution < -0.4 is 0 Å². The summed E-state index contributed by atoms with van der Waals surface area (Å²) in [6.45, 7) is 6.91. The molecule has 0 N–H and O–H groups in total. The van der Waals surface area contributed by atoms with E-state index in [2.05, 4.69) is 22.5 Å². The van der Waals surface area contributed by atoms with E-state index in [0.717, 1.165) is 10.9 Å². The maximum atomic E-state index is 12.0. The molecule has 1 aromatic rings. The fourth-order valence-electron chi connectivity index (χ4n) is 1.43. The van der Waals surface area contributed by atoms with Gasteiger partial charge in [0.1, 0.15) is 0 Å². The summed E-state index contributed by atoms with van der Waals surface area (Å²) in [5, 5.41) is 0.811. The minimum Gasteiger partial charge on any atom is -0.335 e. The summed E-state index contributed by atoms with van der Waals surface area (Å²) in [7, 11) is 0. The molecule has 0 radical (unpaired) electrons. The zero-order valence-corrected chi connectivity index (χ0v) is 11.0. The molecule has 0 aromatic heterocycles. The number of nitrogens with zero attached hydrogens (tertiary/aromatic N) is 1. The molecule has 2 nitrogen and oxygen atoms in total. The molecule has 0 aliphatic carbocycles. The molecular formula is C13H16BrNO. The Labute approximate surface area is 105 Å². The molecule has 0 saturated carbocycles. The van der Waals surface area contributed by atoms with Crippen molar-refractivity contribution in [2.75, 3.05) is 13.1 Å². The molecule has 0 fully saturated rings. The monoisotopic (exact) mass is 281 g/mol. The van der Waals surface area contributed by atoms with E-state index in [1.807, 2.05) is 31.2 Å². The number of alkyl halides is 1. The number of hydrogen-bond acceptors (Lipinski definition) is 1. The van der Waals surface area contributed by atoms with Gasteiger partial charge in [0.05, 0.1) is 0 Å². The molecule has 0 heterocycles. The zero-order chi connectivity index (χ0) is 12.0. The molecule has 0 bridgehead atoms. The Kier molecular flexibility index (Phi) is 5.26. The van der Waals surface area contributed by atoms with E-state index in [1.54, 1.807) is 11.0 Å². The smallest absolute Gasteiger partial charge is 0.254 e. The highest BCUT2D eigenvalue weighted by atomic mass is 79.9. The Hall–Kier alpha value is -1.09. The third-order valence-corrected chi connectivity index (χ3v) is 3.02. The van der Waals surface area contributed by atoms with Crippen LogP contribution in [0.2, 0.25) is 0 Å². The number of halogens is 1. The second-order valence-corrected chi connectivity index (χ2v) is 4.02. The molecule has 0 saturated heterocycles. The third kappa shape index (κ3) is 3.20. The van der Waals surface area contributed by atoms with Gasteiger partial charge in [-0.1, -0.05) is 34.1 Å². The van der Waals surface area contributed by atoms with Crippen molar-refractivity contribution in [3.63, 3.8) is 0 Å². The van der Waals surface area contributed by atoms with Crippen LogP contribution in [0.15, 0.2) is 36.9 Å². The number of carbonyl (C=O) groups is 1. The van der Waals surface area contributed by atoms with Crippen LogP contribution in [0.5, 0.6) is 0 Å². The standard InChI is InChI=1S/C13H16BrNO/c1-3-9-15(4-2)13(16)12-7-5-11(10-14)6-8-12/h3,5-8H,1,4,9-10H2,2H3. The summed E-state index contributed by atoms with van der Waals surface area (Å²) in [6.07, 6.45) is 1.74. The fourth-order valence-corrected chi connectivity index (χ4v) is 1.80. The topological polar surface area (TPSA) is 20.3 Å². The molecule has 0 unspecified atom stereocenters. The van der Waals surface area contributed by atoms with Crippen LogP contribution in [0.1, 0.15) is 22.8 Å². The van der Waals surface area contributed by atoms with Gasteiger partial charge >= 0.3 is 0 Å². The van der Waals surface area contributed by atoms with Crippen molar-refractivity contribution in [1.82, 2.24) is 4.90 Å². The molecule has 0 aliphatic heterocycles. The lowest BCUT2D eigenvalue weighted by Gasteiger charge is -2.18. The molecule has 0 atom stereocenters. The van der Waals surface area contributed by atoms with Crippen LogP contribution in [0.3, 0.4) is 0 Å². The summed E-state index contributed by atoms with van der Waals surface area (Å²) < 4.78 is 0.